The summed E-state index contributed by atoms with van der Waals surface area (Å²) in [5.41, 5.74) is 3.90. The van der Waals surface area contributed by atoms with Gasteiger partial charge in [-0.1, -0.05) is 18.2 Å². The fourth-order valence-corrected chi connectivity index (χ4v) is 4.51. The summed E-state index contributed by atoms with van der Waals surface area (Å²) in [6.07, 6.45) is 1.51. The molecule has 1 unspecified atom stereocenters. The molecule has 2 aliphatic rings. The molecule has 1 atom stereocenters. The van der Waals surface area contributed by atoms with E-state index in [4.69, 9.17) is 9.47 Å². The Labute approximate surface area is 212 Å². The van der Waals surface area contributed by atoms with Crippen molar-refractivity contribution < 1.29 is 28.7 Å². The van der Waals surface area contributed by atoms with Crippen LogP contribution in [0, 0.1) is 0 Å². The summed E-state index contributed by atoms with van der Waals surface area (Å²) in [6.45, 7) is 0.104. The number of piperidine rings is 1. The predicted molar refractivity (Wildman–Crippen MR) is 133 cm³/mol. The number of hydrogen-bond donors (Lipinski definition) is 2. The smallest absolute Gasteiger partial charge is 0.411 e. The molecule has 1 aromatic heterocycles. The molecule has 2 N–H and O–H groups in total. The standard InChI is InChI=1S/C27H24N4O6/c1-36-23-13-16(12-19-20(23)14-31(26(19)34)22-9-10-24(32)30-25(22)33)15-37-27(35)29-18-7-5-17(6-8-18)21-4-2-3-11-28-21/h2-8,11-13,22H,9-10,14-15H2,1H3,(H,29,35)(H,30,32,33). The lowest BCUT2D eigenvalue weighted by Gasteiger charge is -2.29. The monoisotopic (exact) mass is 500 g/mol. The van der Waals surface area contributed by atoms with Crippen LogP contribution in [0.3, 0.4) is 0 Å². The third-order valence-electron chi connectivity index (χ3n) is 6.36. The number of nitrogens with one attached hydrogen (secondary N) is 2. The summed E-state index contributed by atoms with van der Waals surface area (Å²) >= 11 is 0. The molecular weight excluding hydrogens is 476 g/mol. The van der Waals surface area contributed by atoms with E-state index >= 15 is 0 Å². The summed E-state index contributed by atoms with van der Waals surface area (Å²) in [7, 11) is 1.49. The number of aromatic nitrogens is 1. The average molecular weight is 501 g/mol. The van der Waals surface area contributed by atoms with E-state index in [0.29, 0.717) is 28.1 Å². The second-order valence-corrected chi connectivity index (χ2v) is 8.72. The van der Waals surface area contributed by atoms with Crippen molar-refractivity contribution in [1.82, 2.24) is 15.2 Å². The Morgan fingerprint density at radius 2 is 1.95 bits per heavy atom. The molecule has 37 heavy (non-hydrogen) atoms. The van der Waals surface area contributed by atoms with Crippen LogP contribution in [0.2, 0.25) is 0 Å². The second kappa shape index (κ2) is 10.1. The number of rotatable bonds is 6. The lowest BCUT2D eigenvalue weighted by atomic mass is 10.0. The lowest BCUT2D eigenvalue weighted by molar-refractivity contribution is -0.136. The van der Waals surface area contributed by atoms with Crippen molar-refractivity contribution in [2.45, 2.75) is 32.0 Å². The zero-order valence-corrected chi connectivity index (χ0v) is 20.0. The molecule has 10 heteroatoms. The summed E-state index contributed by atoms with van der Waals surface area (Å²) in [4.78, 5) is 55.1. The zero-order chi connectivity index (χ0) is 25.9. The Morgan fingerprint density at radius 3 is 2.65 bits per heavy atom. The predicted octanol–water partition coefficient (Wildman–Crippen LogP) is 3.27. The van der Waals surface area contributed by atoms with E-state index in [0.717, 1.165) is 11.3 Å². The zero-order valence-electron chi connectivity index (χ0n) is 20.0. The molecule has 0 radical (unpaired) electrons. The maximum atomic E-state index is 13.1. The van der Waals surface area contributed by atoms with Crippen molar-refractivity contribution in [3.05, 3.63) is 77.5 Å². The molecule has 0 saturated carbocycles. The molecule has 0 aliphatic carbocycles. The van der Waals surface area contributed by atoms with Gasteiger partial charge in [0.15, 0.2) is 0 Å². The molecule has 1 saturated heterocycles. The third kappa shape index (κ3) is 4.99. The number of hydrogen-bond acceptors (Lipinski definition) is 7. The third-order valence-corrected chi connectivity index (χ3v) is 6.36. The topological polar surface area (TPSA) is 127 Å². The van der Waals surface area contributed by atoms with E-state index in [1.807, 2.05) is 30.3 Å². The Kier molecular flexibility index (Phi) is 6.55. The SMILES string of the molecule is COc1cc(COC(=O)Nc2ccc(-c3ccccn3)cc2)cc2c1CN(C1CCC(=O)NC1=O)C2=O. The van der Waals surface area contributed by atoms with Crippen LogP contribution in [0.25, 0.3) is 11.3 Å². The first-order valence-electron chi connectivity index (χ1n) is 11.7. The molecule has 1 fully saturated rings. The molecule has 0 bridgehead atoms. The van der Waals surface area contributed by atoms with E-state index in [9.17, 15) is 19.2 Å². The number of methoxy groups -OCH3 is 1. The van der Waals surface area contributed by atoms with E-state index < -0.39 is 18.0 Å². The first-order chi connectivity index (χ1) is 17.9. The summed E-state index contributed by atoms with van der Waals surface area (Å²) < 4.78 is 10.8. The van der Waals surface area contributed by atoms with Gasteiger partial charge in [0, 0.05) is 35.0 Å². The molecule has 4 amide bonds. The highest BCUT2D eigenvalue weighted by molar-refractivity contribution is 6.05. The van der Waals surface area contributed by atoms with Crippen LogP contribution in [0.5, 0.6) is 5.75 Å². The molecule has 3 aromatic rings. The number of ether oxygens (including phenoxy) is 2. The maximum Gasteiger partial charge on any atom is 0.411 e. The first-order valence-corrected chi connectivity index (χ1v) is 11.7. The second-order valence-electron chi connectivity index (χ2n) is 8.72. The average Bonchev–Trinajstić information content (AvgIpc) is 3.24. The number of anilines is 1. The van der Waals surface area contributed by atoms with Crippen LogP contribution < -0.4 is 15.4 Å². The number of imide groups is 1. The number of carbonyl (C=O) groups excluding carboxylic acids is 4. The maximum absolute atomic E-state index is 13.1. The van der Waals surface area contributed by atoms with Gasteiger partial charge >= 0.3 is 6.09 Å². The van der Waals surface area contributed by atoms with Crippen molar-refractivity contribution in [2.24, 2.45) is 0 Å². The van der Waals surface area contributed by atoms with Gasteiger partial charge in [-0.3, -0.25) is 30.0 Å². The van der Waals surface area contributed by atoms with Gasteiger partial charge in [0.25, 0.3) is 5.91 Å². The summed E-state index contributed by atoms with van der Waals surface area (Å²) in [6, 6.07) is 15.5. The Hall–Kier alpha value is -4.73. The van der Waals surface area contributed by atoms with Gasteiger partial charge in [-0.05, 0) is 48.4 Å². The van der Waals surface area contributed by atoms with Crippen LogP contribution in [0.1, 0.15) is 34.3 Å². The lowest BCUT2D eigenvalue weighted by Crippen LogP contribution is -2.52. The van der Waals surface area contributed by atoms with E-state index in [-0.39, 0.29) is 37.8 Å². The number of amides is 4. The number of carbonyl (C=O) groups is 4. The quantitative estimate of drug-likeness (QED) is 0.498. The Balaban J connectivity index is 1.23. The fourth-order valence-electron chi connectivity index (χ4n) is 4.51. The van der Waals surface area contributed by atoms with Crippen LogP contribution in [0.4, 0.5) is 10.5 Å². The number of benzene rings is 2. The van der Waals surface area contributed by atoms with E-state index in [1.54, 1.807) is 30.5 Å². The van der Waals surface area contributed by atoms with Crippen molar-refractivity contribution in [3.8, 4) is 17.0 Å². The highest BCUT2D eigenvalue weighted by atomic mass is 16.5. The Morgan fingerprint density at radius 1 is 1.14 bits per heavy atom. The van der Waals surface area contributed by atoms with Gasteiger partial charge in [-0.25, -0.2) is 4.79 Å². The molecule has 10 nitrogen and oxygen atoms in total. The van der Waals surface area contributed by atoms with Gasteiger partial charge in [0.1, 0.15) is 18.4 Å². The Bertz CT molecular complexity index is 1370. The molecular formula is C27H24N4O6. The van der Waals surface area contributed by atoms with E-state index in [1.165, 1.54) is 12.0 Å². The summed E-state index contributed by atoms with van der Waals surface area (Å²) in [5.74, 6) is -0.693. The minimum absolute atomic E-state index is 0.0901. The normalized spacial score (nSPS) is 16.7. The van der Waals surface area contributed by atoms with Crippen molar-refractivity contribution in [3.63, 3.8) is 0 Å². The van der Waals surface area contributed by atoms with Gasteiger partial charge in [0.2, 0.25) is 11.8 Å². The van der Waals surface area contributed by atoms with Crippen molar-refractivity contribution >= 4 is 29.5 Å². The van der Waals surface area contributed by atoms with Crippen LogP contribution in [-0.4, -0.2) is 46.9 Å². The molecule has 3 heterocycles. The fraction of sp³-hybridized carbons (Fsp3) is 0.222. The van der Waals surface area contributed by atoms with Crippen molar-refractivity contribution in [2.75, 3.05) is 12.4 Å². The van der Waals surface area contributed by atoms with E-state index in [2.05, 4.69) is 15.6 Å². The highest BCUT2D eigenvalue weighted by Crippen LogP contribution is 2.35. The van der Waals surface area contributed by atoms with Gasteiger partial charge in [-0.2, -0.15) is 0 Å². The largest absolute Gasteiger partial charge is 0.496 e. The van der Waals surface area contributed by atoms with Crippen LogP contribution in [-0.2, 0) is 27.5 Å². The van der Waals surface area contributed by atoms with Crippen molar-refractivity contribution in [1.29, 1.82) is 0 Å². The minimum atomic E-state index is -0.725. The first kappa shape index (κ1) is 24.0. The molecule has 2 aliphatic heterocycles. The minimum Gasteiger partial charge on any atom is -0.496 e. The summed E-state index contributed by atoms with van der Waals surface area (Å²) in [5, 5.41) is 4.97. The molecule has 2 aromatic carbocycles. The highest BCUT2D eigenvalue weighted by Gasteiger charge is 2.40. The molecule has 188 valence electrons. The van der Waals surface area contributed by atoms with Gasteiger partial charge in [-0.15, -0.1) is 0 Å². The number of pyridine rings is 1. The van der Waals surface area contributed by atoms with Crippen LogP contribution in [0.15, 0.2) is 60.8 Å². The molecule has 0 spiro atoms. The molecule has 5 rings (SSSR count). The van der Waals surface area contributed by atoms with Gasteiger partial charge in [0.05, 0.1) is 19.3 Å². The number of fused-ring (bicyclic) bond motifs is 1. The number of nitrogens with zero attached hydrogens (tertiary/aromatic N) is 2. The van der Waals surface area contributed by atoms with Crippen LogP contribution >= 0.6 is 0 Å². The van der Waals surface area contributed by atoms with Gasteiger partial charge < -0.3 is 14.4 Å².